The molecule has 0 amide bonds. The second kappa shape index (κ2) is 9.09. The second-order valence-electron chi connectivity index (χ2n) is 5.40. The van der Waals surface area contributed by atoms with E-state index in [1.54, 1.807) is 24.4 Å². The van der Waals surface area contributed by atoms with Gasteiger partial charge in [-0.3, -0.25) is 5.43 Å². The predicted molar refractivity (Wildman–Crippen MR) is 92.9 cm³/mol. The molecule has 1 fully saturated rings. The smallest absolute Gasteiger partial charge is 0.341 e. The van der Waals surface area contributed by atoms with E-state index in [0.29, 0.717) is 22.5 Å². The molecule has 0 bridgehead atoms. The minimum atomic E-state index is -1.02. The first-order chi connectivity index (χ1) is 11.1. The topological polar surface area (TPSA) is 83.0 Å². The summed E-state index contributed by atoms with van der Waals surface area (Å²) in [4.78, 5) is 10.6. The lowest BCUT2D eigenvalue weighted by atomic mass is 9.96. The Bertz CT molecular complexity index is 571. The SMILES string of the molecule is O=C(O)COc1ccccc1/C=N\NC(=S)NC1CCCCC1. The number of para-hydroxylation sites is 1. The van der Waals surface area contributed by atoms with Crippen molar-refractivity contribution in [3.63, 3.8) is 0 Å². The van der Waals surface area contributed by atoms with Crippen LogP contribution in [0, 0.1) is 0 Å². The van der Waals surface area contributed by atoms with E-state index in [0.717, 1.165) is 12.8 Å². The van der Waals surface area contributed by atoms with Gasteiger partial charge in [0.15, 0.2) is 11.7 Å². The normalized spacial score (nSPS) is 15.3. The van der Waals surface area contributed by atoms with E-state index in [1.807, 2.05) is 6.07 Å². The van der Waals surface area contributed by atoms with Gasteiger partial charge in [0.05, 0.1) is 6.21 Å². The zero-order chi connectivity index (χ0) is 16.5. The van der Waals surface area contributed by atoms with Crippen LogP contribution in [0.15, 0.2) is 29.4 Å². The summed E-state index contributed by atoms with van der Waals surface area (Å²) < 4.78 is 5.21. The van der Waals surface area contributed by atoms with Gasteiger partial charge in [-0.15, -0.1) is 0 Å². The molecular weight excluding hydrogens is 314 g/mol. The molecule has 1 saturated carbocycles. The summed E-state index contributed by atoms with van der Waals surface area (Å²) >= 11 is 5.22. The van der Waals surface area contributed by atoms with E-state index in [9.17, 15) is 4.79 Å². The van der Waals surface area contributed by atoms with Gasteiger partial charge >= 0.3 is 5.97 Å². The van der Waals surface area contributed by atoms with Crippen molar-refractivity contribution in [3.8, 4) is 5.75 Å². The van der Waals surface area contributed by atoms with Crippen molar-refractivity contribution in [1.29, 1.82) is 0 Å². The monoisotopic (exact) mass is 335 g/mol. The number of carboxylic acid groups (broad SMARTS) is 1. The maximum Gasteiger partial charge on any atom is 0.341 e. The van der Waals surface area contributed by atoms with Crippen molar-refractivity contribution in [2.24, 2.45) is 5.10 Å². The Morgan fingerprint density at radius 3 is 2.83 bits per heavy atom. The summed E-state index contributed by atoms with van der Waals surface area (Å²) in [7, 11) is 0. The Morgan fingerprint density at radius 2 is 2.09 bits per heavy atom. The number of carboxylic acids is 1. The molecule has 0 aromatic heterocycles. The van der Waals surface area contributed by atoms with Crippen LogP contribution in [0.2, 0.25) is 0 Å². The van der Waals surface area contributed by atoms with E-state index in [2.05, 4.69) is 15.8 Å². The largest absolute Gasteiger partial charge is 0.481 e. The van der Waals surface area contributed by atoms with Crippen LogP contribution in [0.1, 0.15) is 37.7 Å². The molecule has 1 aliphatic carbocycles. The number of ether oxygens (including phenoxy) is 1. The van der Waals surface area contributed by atoms with Crippen LogP contribution >= 0.6 is 12.2 Å². The first kappa shape index (κ1) is 17.2. The summed E-state index contributed by atoms with van der Waals surface area (Å²) in [5.74, 6) is -0.556. The molecule has 1 aliphatic rings. The predicted octanol–water partition coefficient (Wildman–Crippen LogP) is 2.28. The highest BCUT2D eigenvalue weighted by atomic mass is 32.1. The molecule has 0 atom stereocenters. The maximum absolute atomic E-state index is 10.6. The number of rotatable bonds is 6. The van der Waals surface area contributed by atoms with Crippen LogP contribution in [-0.2, 0) is 4.79 Å². The highest BCUT2D eigenvalue weighted by Gasteiger charge is 2.13. The van der Waals surface area contributed by atoms with Crippen molar-refractivity contribution in [1.82, 2.24) is 10.7 Å². The Balaban J connectivity index is 1.84. The highest BCUT2D eigenvalue weighted by molar-refractivity contribution is 7.80. The zero-order valence-corrected chi connectivity index (χ0v) is 13.6. The van der Waals surface area contributed by atoms with Gasteiger partial charge in [0, 0.05) is 11.6 Å². The molecule has 7 heteroatoms. The molecule has 0 radical (unpaired) electrons. The molecular formula is C16H21N3O3S. The van der Waals surface area contributed by atoms with E-state index < -0.39 is 5.97 Å². The average Bonchev–Trinajstić information content (AvgIpc) is 2.55. The minimum Gasteiger partial charge on any atom is -0.481 e. The average molecular weight is 335 g/mol. The van der Waals surface area contributed by atoms with Crippen LogP contribution in [0.4, 0.5) is 0 Å². The number of hydrazone groups is 1. The number of thiocarbonyl (C=S) groups is 1. The summed E-state index contributed by atoms with van der Waals surface area (Å²) in [5.41, 5.74) is 3.47. The fourth-order valence-electron chi connectivity index (χ4n) is 2.48. The van der Waals surface area contributed by atoms with Crippen molar-refractivity contribution in [2.75, 3.05) is 6.61 Å². The summed E-state index contributed by atoms with van der Waals surface area (Å²) in [5, 5.41) is 16.5. The number of hydrogen-bond donors (Lipinski definition) is 3. The van der Waals surface area contributed by atoms with Gasteiger partial charge in [-0.25, -0.2) is 4.79 Å². The Kier molecular flexibility index (Phi) is 6.80. The number of carbonyl (C=O) groups is 1. The molecule has 3 N–H and O–H groups in total. The van der Waals surface area contributed by atoms with Crippen molar-refractivity contribution < 1.29 is 14.6 Å². The number of nitrogens with one attached hydrogen (secondary N) is 2. The first-order valence-electron chi connectivity index (χ1n) is 7.68. The van der Waals surface area contributed by atoms with Crippen molar-refractivity contribution in [2.45, 2.75) is 38.1 Å². The summed E-state index contributed by atoms with van der Waals surface area (Å²) in [6, 6.07) is 7.51. The van der Waals surface area contributed by atoms with E-state index in [-0.39, 0.29) is 6.61 Å². The first-order valence-corrected chi connectivity index (χ1v) is 8.09. The number of aliphatic carboxylic acids is 1. The second-order valence-corrected chi connectivity index (χ2v) is 5.81. The van der Waals surface area contributed by atoms with Crippen molar-refractivity contribution in [3.05, 3.63) is 29.8 Å². The van der Waals surface area contributed by atoms with Gasteiger partial charge in [0.1, 0.15) is 5.75 Å². The molecule has 23 heavy (non-hydrogen) atoms. The molecule has 1 aromatic carbocycles. The molecule has 1 aromatic rings. The molecule has 0 heterocycles. The third kappa shape index (κ3) is 6.23. The van der Waals surface area contributed by atoms with Crippen LogP contribution in [0.3, 0.4) is 0 Å². The summed E-state index contributed by atoms with van der Waals surface area (Å²) in [6.07, 6.45) is 7.60. The number of hydrogen-bond acceptors (Lipinski definition) is 4. The van der Waals surface area contributed by atoms with Gasteiger partial charge in [0.2, 0.25) is 0 Å². The van der Waals surface area contributed by atoms with Crippen molar-refractivity contribution >= 4 is 29.5 Å². The standard InChI is InChI=1S/C16H21N3O3S/c20-15(21)11-22-14-9-5-4-6-12(14)10-17-19-16(23)18-13-7-2-1-3-8-13/h4-6,9-10,13H,1-3,7-8,11H2,(H,20,21)(H2,18,19,23)/b17-10-. The van der Waals surface area contributed by atoms with Crippen LogP contribution < -0.4 is 15.5 Å². The number of nitrogens with zero attached hydrogens (tertiary/aromatic N) is 1. The Morgan fingerprint density at radius 1 is 1.35 bits per heavy atom. The van der Waals surface area contributed by atoms with E-state index in [1.165, 1.54) is 19.3 Å². The molecule has 0 saturated heterocycles. The van der Waals surface area contributed by atoms with Crippen LogP contribution in [0.5, 0.6) is 5.75 Å². The molecule has 0 aliphatic heterocycles. The Labute approximate surface area is 140 Å². The van der Waals surface area contributed by atoms with Crippen LogP contribution in [0.25, 0.3) is 0 Å². The van der Waals surface area contributed by atoms with E-state index >= 15 is 0 Å². The number of benzene rings is 1. The quantitative estimate of drug-likeness (QED) is 0.420. The van der Waals surface area contributed by atoms with Gasteiger partial charge < -0.3 is 15.2 Å². The lowest BCUT2D eigenvalue weighted by Gasteiger charge is -2.23. The molecule has 2 rings (SSSR count). The van der Waals surface area contributed by atoms with Gasteiger partial charge in [-0.2, -0.15) is 5.10 Å². The molecule has 6 nitrogen and oxygen atoms in total. The zero-order valence-electron chi connectivity index (χ0n) is 12.8. The Hall–Kier alpha value is -2.15. The fourth-order valence-corrected chi connectivity index (χ4v) is 2.70. The highest BCUT2D eigenvalue weighted by Crippen LogP contribution is 2.17. The minimum absolute atomic E-state index is 0.389. The summed E-state index contributed by atoms with van der Waals surface area (Å²) in [6.45, 7) is -0.389. The third-order valence-corrected chi connectivity index (χ3v) is 3.79. The van der Waals surface area contributed by atoms with Gasteiger partial charge in [0.25, 0.3) is 0 Å². The third-order valence-electron chi connectivity index (χ3n) is 3.58. The van der Waals surface area contributed by atoms with Crippen LogP contribution in [-0.4, -0.2) is 35.1 Å². The lowest BCUT2D eigenvalue weighted by molar-refractivity contribution is -0.139. The molecule has 0 spiro atoms. The maximum atomic E-state index is 10.6. The lowest BCUT2D eigenvalue weighted by Crippen LogP contribution is -2.40. The fraction of sp³-hybridized carbons (Fsp3) is 0.438. The van der Waals surface area contributed by atoms with Gasteiger partial charge in [-0.1, -0.05) is 31.4 Å². The molecule has 0 unspecified atom stereocenters. The van der Waals surface area contributed by atoms with E-state index in [4.69, 9.17) is 22.1 Å². The molecule has 124 valence electrons. The van der Waals surface area contributed by atoms with Gasteiger partial charge in [-0.05, 0) is 37.2 Å².